The SMILES string of the molecule is CCN(C)c1ccc2c(c1)C(c1ccccc1)(c1ccccc1)c1cc(N(CC)c3cccc4c3Cc3ccccc3-4)ccc1-2. The van der Waals surface area contributed by atoms with Gasteiger partial charge < -0.3 is 9.80 Å². The van der Waals surface area contributed by atoms with E-state index in [4.69, 9.17) is 0 Å². The number of nitrogens with zero attached hydrogens (tertiary/aromatic N) is 2. The Morgan fingerprint density at radius 1 is 0.533 bits per heavy atom. The monoisotopic (exact) mass is 582 g/mol. The molecule has 0 aliphatic heterocycles. The van der Waals surface area contributed by atoms with Crippen molar-refractivity contribution in [1.29, 1.82) is 0 Å². The lowest BCUT2D eigenvalue weighted by atomic mass is 9.67. The molecular weight excluding hydrogens is 544 g/mol. The summed E-state index contributed by atoms with van der Waals surface area (Å²) in [5.41, 5.74) is 16.8. The van der Waals surface area contributed by atoms with Crippen LogP contribution in [0, 0.1) is 0 Å². The van der Waals surface area contributed by atoms with Crippen molar-refractivity contribution in [3.63, 3.8) is 0 Å². The van der Waals surface area contributed by atoms with Crippen LogP contribution in [-0.4, -0.2) is 20.1 Å². The molecular formula is C43H38N2. The molecule has 45 heavy (non-hydrogen) atoms. The first kappa shape index (κ1) is 27.5. The minimum absolute atomic E-state index is 0.442. The van der Waals surface area contributed by atoms with Crippen LogP contribution in [-0.2, 0) is 11.8 Å². The molecule has 2 aliphatic carbocycles. The standard InChI is InChI=1S/C43H38N2/c1-4-44(3)33-23-25-37-38-26-24-34(45(5-2)42-22-14-21-36-35-20-13-12-15-30(35)27-39(36)42)29-41(38)43(40(37)28-33,31-16-8-6-9-17-31)32-18-10-7-11-19-32/h6-26,28-29H,4-5,27H2,1-3H3. The van der Waals surface area contributed by atoms with Crippen LogP contribution >= 0.6 is 0 Å². The summed E-state index contributed by atoms with van der Waals surface area (Å²) in [5, 5.41) is 0. The van der Waals surface area contributed by atoms with Crippen LogP contribution in [0.2, 0.25) is 0 Å². The van der Waals surface area contributed by atoms with Gasteiger partial charge in [0, 0.05) is 43.6 Å². The van der Waals surface area contributed by atoms with Gasteiger partial charge in [0.15, 0.2) is 0 Å². The van der Waals surface area contributed by atoms with Gasteiger partial charge in [-0.25, -0.2) is 0 Å². The van der Waals surface area contributed by atoms with Gasteiger partial charge in [-0.05, 0) is 99.8 Å². The van der Waals surface area contributed by atoms with Crippen molar-refractivity contribution in [2.24, 2.45) is 0 Å². The second-order valence-corrected chi connectivity index (χ2v) is 12.3. The molecule has 0 heterocycles. The first-order valence-electron chi connectivity index (χ1n) is 16.2. The Hall–Kier alpha value is -5.08. The quantitative estimate of drug-likeness (QED) is 0.184. The van der Waals surface area contributed by atoms with Gasteiger partial charge in [-0.1, -0.05) is 109 Å². The molecule has 2 aliphatic rings. The van der Waals surface area contributed by atoms with Gasteiger partial charge in [-0.2, -0.15) is 0 Å². The Bertz CT molecular complexity index is 1990. The van der Waals surface area contributed by atoms with Crippen LogP contribution in [0.25, 0.3) is 22.3 Å². The van der Waals surface area contributed by atoms with E-state index in [1.165, 1.54) is 72.7 Å². The van der Waals surface area contributed by atoms with Gasteiger partial charge in [-0.15, -0.1) is 0 Å². The van der Waals surface area contributed by atoms with E-state index < -0.39 is 5.41 Å². The van der Waals surface area contributed by atoms with Gasteiger partial charge in [0.1, 0.15) is 0 Å². The zero-order valence-electron chi connectivity index (χ0n) is 26.3. The van der Waals surface area contributed by atoms with E-state index in [1.54, 1.807) is 0 Å². The fourth-order valence-corrected chi connectivity index (χ4v) is 7.94. The Kier molecular flexibility index (Phi) is 6.60. The third-order valence-electron chi connectivity index (χ3n) is 10.2. The molecule has 2 heteroatoms. The number of benzene rings is 6. The molecule has 0 amide bonds. The Balaban J connectivity index is 1.37. The average molecular weight is 583 g/mol. The van der Waals surface area contributed by atoms with E-state index in [-0.39, 0.29) is 0 Å². The van der Waals surface area contributed by atoms with E-state index in [9.17, 15) is 0 Å². The molecule has 0 unspecified atom stereocenters. The Labute approximate surface area is 267 Å². The first-order valence-corrected chi connectivity index (χ1v) is 16.2. The lowest BCUT2D eigenvalue weighted by Gasteiger charge is -2.35. The van der Waals surface area contributed by atoms with Crippen LogP contribution in [0.3, 0.4) is 0 Å². The van der Waals surface area contributed by atoms with E-state index in [2.05, 4.69) is 170 Å². The molecule has 220 valence electrons. The largest absolute Gasteiger partial charge is 0.375 e. The molecule has 2 nitrogen and oxygen atoms in total. The molecule has 0 saturated heterocycles. The number of rotatable bonds is 7. The second-order valence-electron chi connectivity index (χ2n) is 12.3. The van der Waals surface area contributed by atoms with Crippen molar-refractivity contribution >= 4 is 17.1 Å². The van der Waals surface area contributed by atoms with Crippen LogP contribution in [0.1, 0.15) is 47.2 Å². The van der Waals surface area contributed by atoms with Gasteiger partial charge in [0.05, 0.1) is 5.41 Å². The maximum Gasteiger partial charge on any atom is 0.0715 e. The summed E-state index contributed by atoms with van der Waals surface area (Å²) in [6, 6.07) is 52.2. The summed E-state index contributed by atoms with van der Waals surface area (Å²) in [6.45, 7) is 6.33. The topological polar surface area (TPSA) is 6.48 Å². The molecule has 0 bridgehead atoms. The highest BCUT2D eigenvalue weighted by molar-refractivity contribution is 5.90. The van der Waals surface area contributed by atoms with Crippen molar-refractivity contribution in [2.45, 2.75) is 25.7 Å². The van der Waals surface area contributed by atoms with Crippen LogP contribution in [0.15, 0.2) is 140 Å². The summed E-state index contributed by atoms with van der Waals surface area (Å²) in [4.78, 5) is 4.85. The van der Waals surface area contributed by atoms with E-state index in [0.29, 0.717) is 0 Å². The van der Waals surface area contributed by atoms with Gasteiger partial charge >= 0.3 is 0 Å². The van der Waals surface area contributed by atoms with E-state index in [0.717, 1.165) is 19.5 Å². The number of hydrogen-bond donors (Lipinski definition) is 0. The third-order valence-corrected chi connectivity index (χ3v) is 10.2. The molecule has 0 aromatic heterocycles. The zero-order valence-corrected chi connectivity index (χ0v) is 26.3. The number of anilines is 3. The molecule has 0 fully saturated rings. The van der Waals surface area contributed by atoms with Gasteiger partial charge in [-0.3, -0.25) is 0 Å². The fourth-order valence-electron chi connectivity index (χ4n) is 7.94. The Morgan fingerprint density at radius 3 is 1.76 bits per heavy atom. The summed E-state index contributed by atoms with van der Waals surface area (Å²) in [5.74, 6) is 0. The lowest BCUT2D eigenvalue weighted by molar-refractivity contribution is 0.767. The van der Waals surface area contributed by atoms with Crippen molar-refractivity contribution < 1.29 is 0 Å². The molecule has 0 atom stereocenters. The summed E-state index contributed by atoms with van der Waals surface area (Å²) in [6.07, 6.45) is 0.972. The normalized spacial score (nSPS) is 13.5. The molecule has 6 aromatic rings. The number of fused-ring (bicyclic) bond motifs is 6. The molecule has 6 aromatic carbocycles. The van der Waals surface area contributed by atoms with Crippen molar-refractivity contribution in [2.75, 3.05) is 29.9 Å². The molecule has 0 radical (unpaired) electrons. The molecule has 0 spiro atoms. The minimum Gasteiger partial charge on any atom is -0.375 e. The zero-order chi connectivity index (χ0) is 30.5. The second kappa shape index (κ2) is 10.8. The molecule has 0 N–H and O–H groups in total. The summed E-state index contributed by atoms with van der Waals surface area (Å²) >= 11 is 0. The van der Waals surface area contributed by atoms with E-state index >= 15 is 0 Å². The van der Waals surface area contributed by atoms with Gasteiger partial charge in [0.2, 0.25) is 0 Å². The smallest absolute Gasteiger partial charge is 0.0715 e. The molecule has 8 rings (SSSR count). The summed E-state index contributed by atoms with van der Waals surface area (Å²) < 4.78 is 0. The third kappa shape index (κ3) is 4.09. The van der Waals surface area contributed by atoms with Crippen LogP contribution in [0.5, 0.6) is 0 Å². The highest BCUT2D eigenvalue weighted by atomic mass is 15.1. The maximum atomic E-state index is 2.52. The van der Waals surface area contributed by atoms with Crippen molar-refractivity contribution in [3.05, 3.63) is 173 Å². The summed E-state index contributed by atoms with van der Waals surface area (Å²) in [7, 11) is 2.18. The highest BCUT2D eigenvalue weighted by Crippen LogP contribution is 2.57. The van der Waals surface area contributed by atoms with Crippen molar-refractivity contribution in [1.82, 2.24) is 0 Å². The van der Waals surface area contributed by atoms with Crippen LogP contribution in [0.4, 0.5) is 17.1 Å². The molecule has 0 saturated carbocycles. The predicted octanol–water partition coefficient (Wildman–Crippen LogP) is 10.2. The predicted molar refractivity (Wildman–Crippen MR) is 190 cm³/mol. The average Bonchev–Trinajstić information content (AvgIpc) is 3.63. The lowest BCUT2D eigenvalue weighted by Crippen LogP contribution is -2.29. The number of hydrogen-bond acceptors (Lipinski definition) is 2. The van der Waals surface area contributed by atoms with Crippen LogP contribution < -0.4 is 9.80 Å². The maximum absolute atomic E-state index is 2.52. The first-order chi connectivity index (χ1) is 22.1. The van der Waals surface area contributed by atoms with Gasteiger partial charge in [0.25, 0.3) is 0 Å². The fraction of sp³-hybridized carbons (Fsp3) is 0.163. The van der Waals surface area contributed by atoms with E-state index in [1.807, 2.05) is 0 Å². The Morgan fingerprint density at radius 2 is 1.11 bits per heavy atom. The highest BCUT2D eigenvalue weighted by Gasteiger charge is 2.46. The van der Waals surface area contributed by atoms with Crippen molar-refractivity contribution in [3.8, 4) is 22.3 Å². The minimum atomic E-state index is -0.442.